The minimum atomic E-state index is -0.399. The topological polar surface area (TPSA) is 55.6 Å². The molecule has 0 fully saturated rings. The molecule has 0 amide bonds. The van der Waals surface area contributed by atoms with Crippen molar-refractivity contribution in [3.05, 3.63) is 137 Å². The number of nitro groups is 1. The summed E-state index contributed by atoms with van der Waals surface area (Å²) in [5, 5.41) is 11.8. The first-order chi connectivity index (χ1) is 17.7. The van der Waals surface area contributed by atoms with E-state index in [4.69, 9.17) is 4.74 Å². The van der Waals surface area contributed by atoms with E-state index >= 15 is 0 Å². The van der Waals surface area contributed by atoms with Gasteiger partial charge in [0.05, 0.1) is 22.0 Å². The second-order valence-electron chi connectivity index (χ2n) is 8.60. The summed E-state index contributed by atoms with van der Waals surface area (Å²) >= 11 is 0. The van der Waals surface area contributed by atoms with Gasteiger partial charge in [0.25, 0.3) is 0 Å². The summed E-state index contributed by atoms with van der Waals surface area (Å²) in [5.41, 5.74) is 8.14. The van der Waals surface area contributed by atoms with E-state index in [-0.39, 0.29) is 18.0 Å². The molecule has 5 aromatic carbocycles. The minimum absolute atomic E-state index is 0.0608. The molecule has 5 heteroatoms. The molecule has 1 heterocycles. The predicted molar refractivity (Wildman–Crippen MR) is 143 cm³/mol. The maximum absolute atomic E-state index is 11.8. The molecule has 0 aliphatic carbocycles. The van der Waals surface area contributed by atoms with E-state index in [1.165, 1.54) is 6.07 Å². The molecule has 0 saturated heterocycles. The van der Waals surface area contributed by atoms with E-state index in [0.29, 0.717) is 0 Å². The van der Waals surface area contributed by atoms with E-state index in [0.717, 1.165) is 44.9 Å². The molecule has 174 valence electrons. The van der Waals surface area contributed by atoms with Gasteiger partial charge in [-0.3, -0.25) is 10.1 Å². The first kappa shape index (κ1) is 21.6. The van der Waals surface area contributed by atoms with Crippen LogP contribution in [0.3, 0.4) is 0 Å². The van der Waals surface area contributed by atoms with Crippen molar-refractivity contribution in [3.8, 4) is 28.0 Å². The lowest BCUT2D eigenvalue weighted by Gasteiger charge is -2.27. The summed E-state index contributed by atoms with van der Waals surface area (Å²) in [6.45, 7) is 0.240. The zero-order chi connectivity index (χ0) is 24.5. The maximum Gasteiger partial charge on any atom is 0.311 e. The van der Waals surface area contributed by atoms with Crippen molar-refractivity contribution in [2.24, 2.45) is 0 Å². The number of nitro benzene ring substituents is 1. The normalized spacial score (nSPS) is 11.6. The molecule has 36 heavy (non-hydrogen) atoms. The number of ether oxygens (including phenoxy) is 1. The molecule has 1 aliphatic heterocycles. The van der Waals surface area contributed by atoms with Gasteiger partial charge in [-0.2, -0.15) is 0 Å². The Morgan fingerprint density at radius 2 is 1.17 bits per heavy atom. The Hall–Kier alpha value is -4.90. The van der Waals surface area contributed by atoms with Crippen LogP contribution in [0, 0.1) is 10.1 Å². The highest BCUT2D eigenvalue weighted by molar-refractivity contribution is 6.02. The molecule has 0 atom stereocenters. The minimum Gasteiger partial charge on any atom is -0.482 e. The molecule has 0 radical (unpaired) electrons. The summed E-state index contributed by atoms with van der Waals surface area (Å²) in [7, 11) is 0. The Morgan fingerprint density at radius 3 is 1.75 bits per heavy atom. The molecular weight excluding hydrogens is 448 g/mol. The Labute approximate surface area is 209 Å². The molecule has 0 spiro atoms. The number of hydrogen-bond donors (Lipinski definition) is 0. The van der Waals surface area contributed by atoms with Crippen LogP contribution in [0.2, 0.25) is 0 Å². The van der Waals surface area contributed by atoms with E-state index in [1.54, 1.807) is 12.1 Å². The van der Waals surface area contributed by atoms with Gasteiger partial charge >= 0.3 is 5.69 Å². The van der Waals surface area contributed by atoms with Gasteiger partial charge in [0, 0.05) is 23.3 Å². The van der Waals surface area contributed by atoms with Crippen molar-refractivity contribution >= 4 is 22.7 Å². The second-order valence-corrected chi connectivity index (χ2v) is 8.60. The van der Waals surface area contributed by atoms with Gasteiger partial charge in [0.2, 0.25) is 0 Å². The van der Waals surface area contributed by atoms with Crippen LogP contribution in [0.1, 0.15) is 5.56 Å². The van der Waals surface area contributed by atoms with Crippen LogP contribution < -0.4 is 9.64 Å². The van der Waals surface area contributed by atoms with Crippen molar-refractivity contribution in [3.63, 3.8) is 0 Å². The van der Waals surface area contributed by atoms with Gasteiger partial charge in [0.1, 0.15) is 6.61 Å². The van der Waals surface area contributed by atoms with E-state index < -0.39 is 4.92 Å². The lowest BCUT2D eigenvalue weighted by Crippen LogP contribution is -2.11. The average Bonchev–Trinajstić information content (AvgIpc) is 3.05. The lowest BCUT2D eigenvalue weighted by atomic mass is 9.95. The first-order valence-electron chi connectivity index (χ1n) is 11.7. The lowest BCUT2D eigenvalue weighted by molar-refractivity contribution is -0.385. The number of benzene rings is 5. The van der Waals surface area contributed by atoms with Gasteiger partial charge in [-0.15, -0.1) is 0 Å². The van der Waals surface area contributed by atoms with Gasteiger partial charge in [-0.25, -0.2) is 0 Å². The van der Waals surface area contributed by atoms with Crippen LogP contribution in [0.4, 0.5) is 22.7 Å². The van der Waals surface area contributed by atoms with Crippen LogP contribution in [0.25, 0.3) is 22.3 Å². The third-order valence-corrected chi connectivity index (χ3v) is 6.43. The van der Waals surface area contributed by atoms with Crippen LogP contribution in [0.15, 0.2) is 121 Å². The van der Waals surface area contributed by atoms with E-state index in [9.17, 15) is 10.1 Å². The van der Waals surface area contributed by atoms with Gasteiger partial charge < -0.3 is 9.64 Å². The zero-order valence-corrected chi connectivity index (χ0v) is 19.4. The third-order valence-electron chi connectivity index (χ3n) is 6.43. The molecule has 6 rings (SSSR count). The maximum atomic E-state index is 11.8. The highest BCUT2D eigenvalue weighted by atomic mass is 16.6. The molecule has 0 aromatic heterocycles. The number of fused-ring (bicyclic) bond motifs is 5. The molecular formula is C31H22N2O3. The van der Waals surface area contributed by atoms with Crippen molar-refractivity contribution in [1.29, 1.82) is 0 Å². The number of rotatable bonds is 5. The Morgan fingerprint density at radius 1 is 0.639 bits per heavy atom. The van der Waals surface area contributed by atoms with Gasteiger partial charge in [0.15, 0.2) is 5.75 Å². The molecule has 0 N–H and O–H groups in total. The van der Waals surface area contributed by atoms with Crippen LogP contribution in [0.5, 0.6) is 5.75 Å². The van der Waals surface area contributed by atoms with Crippen molar-refractivity contribution in [2.75, 3.05) is 4.90 Å². The number of hydrogen-bond acceptors (Lipinski definition) is 4. The third kappa shape index (κ3) is 3.77. The summed E-state index contributed by atoms with van der Waals surface area (Å²) in [4.78, 5) is 13.6. The smallest absolute Gasteiger partial charge is 0.311 e. The molecule has 0 saturated carbocycles. The highest BCUT2D eigenvalue weighted by Gasteiger charge is 2.27. The number of nitrogens with zero attached hydrogens (tertiary/aromatic N) is 2. The summed E-state index contributed by atoms with van der Waals surface area (Å²) in [6.07, 6.45) is 0. The SMILES string of the molecule is O=[N+]([O-])c1ccc(N2c3ccccc3-c3ccccc3-c3ccccc32)cc1OCc1ccccc1. The van der Waals surface area contributed by atoms with Crippen LogP contribution in [-0.2, 0) is 6.61 Å². The fourth-order valence-corrected chi connectivity index (χ4v) is 4.80. The van der Waals surface area contributed by atoms with Gasteiger partial charge in [-0.05, 0) is 34.9 Å². The largest absolute Gasteiger partial charge is 0.482 e. The van der Waals surface area contributed by atoms with Crippen LogP contribution >= 0.6 is 0 Å². The standard InChI is InChI=1S/C31H22N2O3/c34-33(35)30-19-18-23(20-31(30)36-21-22-10-2-1-3-11-22)32-28-16-8-6-14-26(28)24-12-4-5-13-25(24)27-15-7-9-17-29(27)32/h1-20H,21H2. The quantitative estimate of drug-likeness (QED) is 0.188. The second kappa shape index (κ2) is 9.04. The fraction of sp³-hybridized carbons (Fsp3) is 0.0323. The Balaban J connectivity index is 1.53. The van der Waals surface area contributed by atoms with E-state index in [2.05, 4.69) is 53.4 Å². The first-order valence-corrected chi connectivity index (χ1v) is 11.7. The van der Waals surface area contributed by atoms with Gasteiger partial charge in [-0.1, -0.05) is 91.0 Å². The number of anilines is 3. The Bertz CT molecular complexity index is 1510. The molecule has 0 unspecified atom stereocenters. The average molecular weight is 471 g/mol. The fourth-order valence-electron chi connectivity index (χ4n) is 4.80. The molecule has 5 aromatic rings. The molecule has 0 bridgehead atoms. The molecule has 1 aliphatic rings. The van der Waals surface area contributed by atoms with Crippen molar-refractivity contribution in [2.45, 2.75) is 6.61 Å². The summed E-state index contributed by atoms with van der Waals surface area (Å²) < 4.78 is 6.02. The molecule has 5 nitrogen and oxygen atoms in total. The summed E-state index contributed by atoms with van der Waals surface area (Å²) in [6, 6.07) is 39.6. The summed E-state index contributed by atoms with van der Waals surface area (Å²) in [5.74, 6) is 0.234. The number of para-hydroxylation sites is 2. The van der Waals surface area contributed by atoms with Crippen molar-refractivity contribution in [1.82, 2.24) is 0 Å². The zero-order valence-electron chi connectivity index (χ0n) is 19.4. The van der Waals surface area contributed by atoms with E-state index in [1.807, 2.05) is 54.6 Å². The highest BCUT2D eigenvalue weighted by Crippen LogP contribution is 2.51. The van der Waals surface area contributed by atoms with Crippen molar-refractivity contribution < 1.29 is 9.66 Å². The Kier molecular flexibility index (Phi) is 5.43. The predicted octanol–water partition coefficient (Wildman–Crippen LogP) is 8.29. The monoisotopic (exact) mass is 470 g/mol. The van der Waals surface area contributed by atoms with Crippen LogP contribution in [-0.4, -0.2) is 4.92 Å².